The monoisotopic (exact) mass is 277 g/mol. The minimum absolute atomic E-state index is 0.0258. The molecule has 0 fully saturated rings. The summed E-state index contributed by atoms with van der Waals surface area (Å²) in [5.41, 5.74) is 2.67. The van der Waals surface area contributed by atoms with Gasteiger partial charge in [0.1, 0.15) is 0 Å². The first-order valence-corrected chi connectivity index (χ1v) is 7.56. The third-order valence-corrected chi connectivity index (χ3v) is 3.13. The lowest BCUT2D eigenvalue weighted by atomic mass is 10.1. The number of aliphatic hydroxyl groups excluding tert-OH is 1. The second kappa shape index (κ2) is 8.63. The summed E-state index contributed by atoms with van der Waals surface area (Å²) in [7, 11) is 0. The van der Waals surface area contributed by atoms with Gasteiger partial charge in [0.2, 0.25) is 5.91 Å². The average molecular weight is 277 g/mol. The molecule has 1 amide bonds. The highest BCUT2D eigenvalue weighted by Gasteiger charge is 2.04. The second-order valence-corrected chi connectivity index (χ2v) is 5.08. The third-order valence-electron chi connectivity index (χ3n) is 2.51. The summed E-state index contributed by atoms with van der Waals surface area (Å²) < 4.78 is 0. The number of carbonyl (C=O) groups is 1. The number of anilines is 1. The molecule has 0 aliphatic rings. The number of hydrogen-bond donors (Lipinski definition) is 2. The van der Waals surface area contributed by atoms with Crippen LogP contribution < -0.4 is 5.32 Å². The van der Waals surface area contributed by atoms with Crippen LogP contribution in [0.4, 0.5) is 5.69 Å². The van der Waals surface area contributed by atoms with E-state index in [-0.39, 0.29) is 12.5 Å². The predicted octanol–water partition coefficient (Wildman–Crippen LogP) is 2.42. The zero-order chi connectivity index (χ0) is 14.1. The van der Waals surface area contributed by atoms with E-state index < -0.39 is 0 Å². The molecular weight excluding hydrogens is 258 g/mol. The molecule has 0 radical (unpaired) electrons. The molecular formula is C15H19NO2S. The lowest BCUT2D eigenvalue weighted by Crippen LogP contribution is -2.13. The van der Waals surface area contributed by atoms with Gasteiger partial charge in [0, 0.05) is 29.8 Å². The maximum atomic E-state index is 11.7. The van der Waals surface area contributed by atoms with Gasteiger partial charge in [-0.3, -0.25) is 4.79 Å². The van der Waals surface area contributed by atoms with Crippen molar-refractivity contribution in [3.8, 4) is 11.8 Å². The van der Waals surface area contributed by atoms with Crippen molar-refractivity contribution in [2.75, 3.05) is 23.9 Å². The van der Waals surface area contributed by atoms with Crippen LogP contribution >= 0.6 is 11.8 Å². The summed E-state index contributed by atoms with van der Waals surface area (Å²) in [4.78, 5) is 11.7. The molecule has 0 saturated carbocycles. The van der Waals surface area contributed by atoms with Crippen molar-refractivity contribution in [3.05, 3.63) is 29.3 Å². The number of carbonyl (C=O) groups excluding carboxylic acids is 1. The Morgan fingerprint density at radius 2 is 2.26 bits per heavy atom. The van der Waals surface area contributed by atoms with Crippen molar-refractivity contribution in [3.63, 3.8) is 0 Å². The Balaban J connectivity index is 2.75. The van der Waals surface area contributed by atoms with E-state index in [0.717, 1.165) is 22.6 Å². The highest BCUT2D eigenvalue weighted by atomic mass is 32.2. The molecule has 1 aromatic rings. The van der Waals surface area contributed by atoms with Crippen molar-refractivity contribution >= 4 is 23.4 Å². The van der Waals surface area contributed by atoms with Crippen LogP contribution in [0.2, 0.25) is 0 Å². The molecule has 0 aliphatic carbocycles. The normalized spacial score (nSPS) is 9.63. The minimum Gasteiger partial charge on any atom is -0.395 e. The summed E-state index contributed by atoms with van der Waals surface area (Å²) in [6.45, 7) is 2.02. The van der Waals surface area contributed by atoms with E-state index in [1.165, 1.54) is 0 Å². The number of aryl methyl sites for hydroxylation is 1. The fraction of sp³-hybridized carbons (Fsp3) is 0.400. The van der Waals surface area contributed by atoms with Crippen LogP contribution in [0.25, 0.3) is 0 Å². The first kappa shape index (κ1) is 15.6. The molecule has 0 spiro atoms. The van der Waals surface area contributed by atoms with Gasteiger partial charge in [0.25, 0.3) is 0 Å². The Hall–Kier alpha value is -1.44. The van der Waals surface area contributed by atoms with Crippen LogP contribution in [0.5, 0.6) is 0 Å². The van der Waals surface area contributed by atoms with Gasteiger partial charge in [-0.2, -0.15) is 11.8 Å². The number of thioether (sulfide) groups is 1. The molecule has 0 heterocycles. The van der Waals surface area contributed by atoms with E-state index >= 15 is 0 Å². The fourth-order valence-electron chi connectivity index (χ4n) is 1.46. The molecule has 0 bridgehead atoms. The lowest BCUT2D eigenvalue weighted by molar-refractivity contribution is -0.115. The second-order valence-electron chi connectivity index (χ2n) is 4.10. The molecule has 0 saturated heterocycles. The maximum absolute atomic E-state index is 11.7. The van der Waals surface area contributed by atoms with Crippen LogP contribution in [-0.4, -0.2) is 29.6 Å². The van der Waals surface area contributed by atoms with Gasteiger partial charge in [-0.05, 0) is 30.9 Å². The first-order valence-electron chi connectivity index (χ1n) is 6.16. The Bertz CT molecular complexity index is 489. The maximum Gasteiger partial charge on any atom is 0.225 e. The van der Waals surface area contributed by atoms with Crippen molar-refractivity contribution in [2.24, 2.45) is 0 Å². The number of nitrogens with one attached hydrogen (secondary N) is 1. The molecule has 0 aromatic heterocycles. The van der Waals surface area contributed by atoms with E-state index in [1.807, 2.05) is 31.4 Å². The van der Waals surface area contributed by atoms with Crippen molar-refractivity contribution in [1.29, 1.82) is 0 Å². The van der Waals surface area contributed by atoms with Crippen LogP contribution in [0.1, 0.15) is 24.0 Å². The van der Waals surface area contributed by atoms with Gasteiger partial charge in [-0.1, -0.05) is 17.9 Å². The van der Waals surface area contributed by atoms with Gasteiger partial charge in [0.05, 0.1) is 6.61 Å². The fourth-order valence-corrected chi connectivity index (χ4v) is 1.85. The Labute approximate surface area is 118 Å². The van der Waals surface area contributed by atoms with Crippen LogP contribution in [-0.2, 0) is 4.79 Å². The number of amides is 1. The van der Waals surface area contributed by atoms with Gasteiger partial charge >= 0.3 is 0 Å². The quantitative estimate of drug-likeness (QED) is 0.813. The van der Waals surface area contributed by atoms with Crippen molar-refractivity contribution in [2.45, 2.75) is 19.8 Å². The highest BCUT2D eigenvalue weighted by Crippen LogP contribution is 2.17. The molecule has 2 N–H and O–H groups in total. The summed E-state index contributed by atoms with van der Waals surface area (Å²) in [6.07, 6.45) is 2.96. The van der Waals surface area contributed by atoms with E-state index in [4.69, 9.17) is 5.11 Å². The summed E-state index contributed by atoms with van der Waals surface area (Å²) >= 11 is 1.65. The van der Waals surface area contributed by atoms with Gasteiger partial charge in [-0.25, -0.2) is 0 Å². The molecule has 3 nitrogen and oxygen atoms in total. The highest BCUT2D eigenvalue weighted by molar-refractivity contribution is 7.98. The Kier molecular flexibility index (Phi) is 7.09. The van der Waals surface area contributed by atoms with Crippen LogP contribution in [0.3, 0.4) is 0 Å². The van der Waals surface area contributed by atoms with Gasteiger partial charge in [-0.15, -0.1) is 0 Å². The van der Waals surface area contributed by atoms with E-state index in [0.29, 0.717) is 12.8 Å². The molecule has 1 aromatic carbocycles. The van der Waals surface area contributed by atoms with Gasteiger partial charge in [0.15, 0.2) is 0 Å². The van der Waals surface area contributed by atoms with E-state index in [9.17, 15) is 4.79 Å². The van der Waals surface area contributed by atoms with E-state index in [2.05, 4.69) is 17.2 Å². The molecule has 1 rings (SSSR count). The standard InChI is InChI=1S/C15H19NO2S/c1-12-6-7-13(5-3-4-9-17)11-14(12)16-15(18)8-10-19-2/h6-7,11,17H,4,8-10H2,1-2H3,(H,16,18). The topological polar surface area (TPSA) is 49.3 Å². The predicted molar refractivity (Wildman–Crippen MR) is 81.4 cm³/mol. The average Bonchev–Trinajstić information content (AvgIpc) is 2.40. The van der Waals surface area contributed by atoms with Gasteiger partial charge < -0.3 is 10.4 Å². The lowest BCUT2D eigenvalue weighted by Gasteiger charge is -2.08. The summed E-state index contributed by atoms with van der Waals surface area (Å²) in [6, 6.07) is 5.72. The zero-order valence-electron chi connectivity index (χ0n) is 11.3. The Morgan fingerprint density at radius 1 is 1.47 bits per heavy atom. The zero-order valence-corrected chi connectivity index (χ0v) is 12.1. The summed E-state index contributed by atoms with van der Waals surface area (Å²) in [5, 5.41) is 11.6. The minimum atomic E-state index is 0.0258. The number of hydrogen-bond acceptors (Lipinski definition) is 3. The molecule has 4 heteroatoms. The van der Waals surface area contributed by atoms with Crippen molar-refractivity contribution in [1.82, 2.24) is 0 Å². The number of aliphatic hydroxyl groups is 1. The smallest absolute Gasteiger partial charge is 0.225 e. The third kappa shape index (κ3) is 5.82. The molecule has 0 unspecified atom stereocenters. The number of benzene rings is 1. The number of rotatable bonds is 5. The largest absolute Gasteiger partial charge is 0.395 e. The van der Waals surface area contributed by atoms with Crippen molar-refractivity contribution < 1.29 is 9.90 Å². The molecule has 102 valence electrons. The molecule has 0 aliphatic heterocycles. The first-order chi connectivity index (χ1) is 9.17. The van der Waals surface area contributed by atoms with E-state index in [1.54, 1.807) is 11.8 Å². The molecule has 0 atom stereocenters. The Morgan fingerprint density at radius 3 is 2.95 bits per heavy atom. The van der Waals surface area contributed by atoms with Crippen LogP contribution in [0, 0.1) is 18.8 Å². The SMILES string of the molecule is CSCCC(=O)Nc1cc(C#CCCO)ccc1C. The van der Waals surface area contributed by atoms with Crippen LogP contribution in [0.15, 0.2) is 18.2 Å². The molecule has 19 heavy (non-hydrogen) atoms. The summed E-state index contributed by atoms with van der Waals surface area (Å²) in [5.74, 6) is 6.68.